The van der Waals surface area contributed by atoms with Crippen molar-refractivity contribution in [2.24, 2.45) is 16.7 Å². The summed E-state index contributed by atoms with van der Waals surface area (Å²) in [5.74, 6) is -3.95. The first-order valence-electron chi connectivity index (χ1n) is 11.4. The molecule has 1 aliphatic rings. The lowest BCUT2D eigenvalue weighted by atomic mass is 9.53. The number of esters is 3. The van der Waals surface area contributed by atoms with Gasteiger partial charge in [0.15, 0.2) is 16.6 Å². The Hall–Kier alpha value is -3.41. The average molecular weight is 474 g/mol. The van der Waals surface area contributed by atoms with Crippen LogP contribution in [-0.4, -0.2) is 50.6 Å². The van der Waals surface area contributed by atoms with E-state index in [1.807, 2.05) is 6.07 Å². The quantitative estimate of drug-likeness (QED) is 0.218. The third-order valence-electron chi connectivity index (χ3n) is 6.25. The van der Waals surface area contributed by atoms with Gasteiger partial charge in [-0.1, -0.05) is 0 Å². The van der Waals surface area contributed by atoms with Crippen molar-refractivity contribution in [3.8, 4) is 11.8 Å². The number of carbonyl (C=O) groups excluding carboxylic acids is 4. The number of ether oxygens (including phenoxy) is 4. The lowest BCUT2D eigenvalue weighted by Gasteiger charge is -2.46. The Morgan fingerprint density at radius 1 is 0.912 bits per heavy atom. The molecule has 1 aromatic rings. The lowest BCUT2D eigenvalue weighted by Crippen LogP contribution is -2.59. The molecule has 184 valence electrons. The van der Waals surface area contributed by atoms with E-state index < -0.39 is 46.9 Å². The number of hydrogen-bond acceptors (Lipinski definition) is 9. The minimum atomic E-state index is -2.01. The van der Waals surface area contributed by atoms with Gasteiger partial charge in [-0.05, 0) is 64.3 Å². The zero-order valence-electron chi connectivity index (χ0n) is 20.0. The molecule has 0 radical (unpaired) electrons. The van der Waals surface area contributed by atoms with Crippen LogP contribution in [0, 0.1) is 28.1 Å². The highest BCUT2D eigenvalue weighted by Gasteiger charge is 2.67. The Bertz CT molecular complexity index is 931. The Balaban J connectivity index is 2.69. The highest BCUT2D eigenvalue weighted by atomic mass is 16.6. The topological polar surface area (TPSA) is 129 Å². The largest absolute Gasteiger partial charge is 0.497 e. The van der Waals surface area contributed by atoms with E-state index in [4.69, 9.17) is 18.9 Å². The Morgan fingerprint density at radius 2 is 1.44 bits per heavy atom. The number of nitriles is 1. The lowest BCUT2D eigenvalue weighted by molar-refractivity contribution is -0.188. The predicted molar refractivity (Wildman–Crippen MR) is 120 cm³/mol. The summed E-state index contributed by atoms with van der Waals surface area (Å²) < 4.78 is 20.8. The maximum atomic E-state index is 13.3. The predicted octanol–water partition coefficient (Wildman–Crippen LogP) is 3.25. The third kappa shape index (κ3) is 4.91. The molecule has 0 saturated heterocycles. The molecule has 1 fully saturated rings. The van der Waals surface area contributed by atoms with E-state index in [0.717, 1.165) is 0 Å². The normalized spacial score (nSPS) is 21.0. The average Bonchev–Trinajstić information content (AvgIpc) is 2.84. The Labute approximate surface area is 199 Å². The zero-order chi connectivity index (χ0) is 25.4. The molecule has 0 heterocycles. The molecule has 34 heavy (non-hydrogen) atoms. The van der Waals surface area contributed by atoms with Gasteiger partial charge in [0.1, 0.15) is 5.75 Å². The van der Waals surface area contributed by atoms with Gasteiger partial charge in [0.05, 0.1) is 33.0 Å². The molecule has 0 aliphatic heterocycles. The van der Waals surface area contributed by atoms with Crippen LogP contribution in [-0.2, 0) is 28.6 Å². The van der Waals surface area contributed by atoms with Crippen LogP contribution in [0.5, 0.6) is 5.75 Å². The Kier molecular flexibility index (Phi) is 9.19. The standard InChI is InChI=1S/C25H31NO8/c1-5-32-21(28)24(16-26)13-8-14-25(22(29)33-6-2,23(30)34-7-3)20(24)15-19(27)17-9-11-18(31-4)12-10-17/h9-12,20H,5-8,13-15H2,1-4H3/t20-,24-/m1/s1. The summed E-state index contributed by atoms with van der Waals surface area (Å²) in [7, 11) is 1.49. The summed E-state index contributed by atoms with van der Waals surface area (Å²) in [6, 6.07) is 8.29. The molecule has 0 amide bonds. The zero-order valence-corrected chi connectivity index (χ0v) is 20.0. The molecule has 9 heteroatoms. The van der Waals surface area contributed by atoms with Crippen molar-refractivity contribution in [2.75, 3.05) is 26.9 Å². The molecule has 0 aromatic heterocycles. The molecule has 2 rings (SSSR count). The maximum Gasteiger partial charge on any atom is 0.326 e. The minimum Gasteiger partial charge on any atom is -0.497 e. The van der Waals surface area contributed by atoms with E-state index >= 15 is 0 Å². The summed E-state index contributed by atoms with van der Waals surface area (Å²) in [4.78, 5) is 53.1. The fourth-order valence-electron chi connectivity index (χ4n) is 4.62. The molecule has 9 nitrogen and oxygen atoms in total. The van der Waals surface area contributed by atoms with Gasteiger partial charge >= 0.3 is 17.9 Å². The number of benzene rings is 1. The molecular weight excluding hydrogens is 442 g/mol. The van der Waals surface area contributed by atoms with Gasteiger partial charge in [-0.2, -0.15) is 5.26 Å². The van der Waals surface area contributed by atoms with Crippen LogP contribution in [0.1, 0.15) is 56.8 Å². The second-order valence-corrected chi connectivity index (χ2v) is 7.98. The summed E-state index contributed by atoms with van der Waals surface area (Å²) in [6.45, 7) is 4.69. The van der Waals surface area contributed by atoms with Crippen LogP contribution in [0.15, 0.2) is 24.3 Å². The summed E-state index contributed by atoms with van der Waals surface area (Å²) >= 11 is 0. The van der Waals surface area contributed by atoms with Gasteiger partial charge in [0.25, 0.3) is 0 Å². The monoisotopic (exact) mass is 473 g/mol. The number of carbonyl (C=O) groups is 4. The summed E-state index contributed by atoms with van der Waals surface area (Å²) in [5, 5.41) is 10.2. The van der Waals surface area contributed by atoms with E-state index in [9.17, 15) is 24.4 Å². The highest BCUT2D eigenvalue weighted by Crippen LogP contribution is 2.55. The molecule has 1 aliphatic carbocycles. The van der Waals surface area contributed by atoms with E-state index in [2.05, 4.69) is 0 Å². The SMILES string of the molecule is CCOC(=O)C1(C(=O)OCC)CCC[C@](C#N)(C(=O)OCC)[C@H]1CC(=O)c1ccc(OC)cc1. The van der Waals surface area contributed by atoms with E-state index in [1.54, 1.807) is 45.0 Å². The summed E-state index contributed by atoms with van der Waals surface area (Å²) in [5.41, 5.74) is -3.63. The van der Waals surface area contributed by atoms with Gasteiger partial charge in [-0.25, -0.2) is 0 Å². The number of Topliss-reactive ketones (excluding diaryl/α,β-unsaturated/α-hetero) is 1. The Morgan fingerprint density at radius 3 is 1.91 bits per heavy atom. The van der Waals surface area contributed by atoms with Crippen LogP contribution < -0.4 is 4.74 Å². The molecular formula is C25H31NO8. The van der Waals surface area contributed by atoms with Crippen molar-refractivity contribution >= 4 is 23.7 Å². The van der Waals surface area contributed by atoms with Crippen molar-refractivity contribution in [3.63, 3.8) is 0 Å². The van der Waals surface area contributed by atoms with Gasteiger partial charge < -0.3 is 18.9 Å². The van der Waals surface area contributed by atoms with E-state index in [1.165, 1.54) is 7.11 Å². The van der Waals surface area contributed by atoms with E-state index in [-0.39, 0.29) is 44.6 Å². The number of ketones is 1. The second-order valence-electron chi connectivity index (χ2n) is 7.98. The number of hydrogen-bond donors (Lipinski definition) is 0. The molecule has 1 saturated carbocycles. The number of methoxy groups -OCH3 is 1. The molecule has 2 atom stereocenters. The molecule has 1 aromatic carbocycles. The second kappa shape index (κ2) is 11.6. The van der Waals surface area contributed by atoms with E-state index in [0.29, 0.717) is 5.75 Å². The van der Waals surface area contributed by atoms with Crippen molar-refractivity contribution in [1.82, 2.24) is 0 Å². The third-order valence-corrected chi connectivity index (χ3v) is 6.25. The first kappa shape index (κ1) is 26.8. The minimum absolute atomic E-state index is 0.00672. The van der Waals surface area contributed by atoms with Crippen LogP contribution in [0.25, 0.3) is 0 Å². The molecule has 0 N–H and O–H groups in total. The van der Waals surface area contributed by atoms with Gasteiger partial charge in [0.2, 0.25) is 0 Å². The van der Waals surface area contributed by atoms with Crippen molar-refractivity contribution in [2.45, 2.75) is 46.5 Å². The molecule has 0 bridgehead atoms. The first-order chi connectivity index (χ1) is 16.3. The molecule has 0 spiro atoms. The number of rotatable bonds is 10. The van der Waals surface area contributed by atoms with Crippen LogP contribution in [0.4, 0.5) is 0 Å². The van der Waals surface area contributed by atoms with Crippen molar-refractivity contribution in [3.05, 3.63) is 29.8 Å². The first-order valence-corrected chi connectivity index (χ1v) is 11.4. The van der Waals surface area contributed by atoms with Crippen molar-refractivity contribution in [1.29, 1.82) is 5.26 Å². The maximum absolute atomic E-state index is 13.3. The number of nitrogens with zero attached hydrogens (tertiary/aromatic N) is 1. The highest BCUT2D eigenvalue weighted by molar-refractivity contribution is 6.04. The fraction of sp³-hybridized carbons (Fsp3) is 0.560. The van der Waals surface area contributed by atoms with Crippen LogP contribution >= 0.6 is 0 Å². The van der Waals surface area contributed by atoms with Crippen molar-refractivity contribution < 1.29 is 38.1 Å². The summed E-state index contributed by atoms with van der Waals surface area (Å²) in [6.07, 6.45) is -0.231. The smallest absolute Gasteiger partial charge is 0.326 e. The van der Waals surface area contributed by atoms with Gasteiger partial charge in [-0.15, -0.1) is 0 Å². The molecule has 0 unspecified atom stereocenters. The fourth-order valence-corrected chi connectivity index (χ4v) is 4.62. The van der Waals surface area contributed by atoms with Crippen LogP contribution in [0.3, 0.4) is 0 Å². The van der Waals surface area contributed by atoms with Gasteiger partial charge in [-0.3, -0.25) is 19.2 Å². The van der Waals surface area contributed by atoms with Gasteiger partial charge in [0, 0.05) is 17.9 Å². The van der Waals surface area contributed by atoms with Crippen LogP contribution in [0.2, 0.25) is 0 Å².